The highest BCUT2D eigenvalue weighted by molar-refractivity contribution is 6.30. The first kappa shape index (κ1) is 15.4. The van der Waals surface area contributed by atoms with Gasteiger partial charge in [-0.3, -0.25) is 4.90 Å². The summed E-state index contributed by atoms with van der Waals surface area (Å²) in [4.78, 5) is 2.19. The second-order valence-electron chi connectivity index (χ2n) is 5.41. The molecule has 0 radical (unpaired) electrons. The zero-order chi connectivity index (χ0) is 15.5. The summed E-state index contributed by atoms with van der Waals surface area (Å²) in [7, 11) is 0. The molecular weight excluding hydrogens is 306 g/mol. The minimum absolute atomic E-state index is 0.263. The number of hydrogen-bond acceptors (Lipinski definition) is 2. The molecule has 5 heteroatoms. The lowest BCUT2D eigenvalue weighted by molar-refractivity contribution is 0.195. The van der Waals surface area contributed by atoms with Crippen LogP contribution < -0.4 is 5.32 Å². The van der Waals surface area contributed by atoms with Crippen molar-refractivity contribution in [2.45, 2.75) is 6.04 Å². The van der Waals surface area contributed by atoms with Crippen LogP contribution in [0.25, 0.3) is 0 Å². The Balaban J connectivity index is 2.05. The van der Waals surface area contributed by atoms with Crippen LogP contribution in [0.5, 0.6) is 0 Å². The van der Waals surface area contributed by atoms with Crippen LogP contribution in [-0.2, 0) is 0 Å². The van der Waals surface area contributed by atoms with E-state index in [0.29, 0.717) is 10.6 Å². The van der Waals surface area contributed by atoms with Crippen LogP contribution in [0.3, 0.4) is 0 Å². The summed E-state index contributed by atoms with van der Waals surface area (Å²) in [5, 5.41) is 3.90. The zero-order valence-corrected chi connectivity index (χ0v) is 12.8. The van der Waals surface area contributed by atoms with Crippen LogP contribution in [-0.4, -0.2) is 31.1 Å². The van der Waals surface area contributed by atoms with Crippen LogP contribution in [0.15, 0.2) is 42.5 Å². The molecule has 1 aliphatic rings. The molecule has 2 nitrogen and oxygen atoms in total. The SMILES string of the molecule is Fc1ccc(C(c2cccc(Cl)c2)N2CCNCC2)c(F)c1. The van der Waals surface area contributed by atoms with Crippen LogP contribution in [0.2, 0.25) is 5.02 Å². The van der Waals surface area contributed by atoms with Gasteiger partial charge in [0.2, 0.25) is 0 Å². The molecule has 1 N–H and O–H groups in total. The molecule has 0 saturated carbocycles. The second kappa shape index (κ2) is 6.73. The van der Waals surface area contributed by atoms with Gasteiger partial charge in [0.1, 0.15) is 11.6 Å². The van der Waals surface area contributed by atoms with E-state index in [1.54, 1.807) is 6.07 Å². The Labute approximate surface area is 133 Å². The molecule has 2 aromatic rings. The molecule has 22 heavy (non-hydrogen) atoms. The monoisotopic (exact) mass is 322 g/mol. The normalized spacial score (nSPS) is 17.4. The molecule has 0 aromatic heterocycles. The van der Waals surface area contributed by atoms with Crippen LogP contribution in [0.1, 0.15) is 17.2 Å². The maximum absolute atomic E-state index is 14.3. The Kier molecular flexibility index (Phi) is 4.71. The Morgan fingerprint density at radius 3 is 2.50 bits per heavy atom. The summed E-state index contributed by atoms with van der Waals surface area (Å²) in [6.45, 7) is 3.29. The highest BCUT2D eigenvalue weighted by Gasteiger charge is 2.26. The number of rotatable bonds is 3. The van der Waals surface area contributed by atoms with Gasteiger partial charge in [-0.15, -0.1) is 0 Å². The fourth-order valence-corrected chi connectivity index (χ4v) is 3.13. The lowest BCUT2D eigenvalue weighted by Gasteiger charge is -2.35. The smallest absolute Gasteiger partial charge is 0.131 e. The van der Waals surface area contributed by atoms with Crippen LogP contribution >= 0.6 is 11.6 Å². The summed E-state index contributed by atoms with van der Waals surface area (Å²) in [6, 6.07) is 10.9. The van der Waals surface area contributed by atoms with Crippen LogP contribution in [0.4, 0.5) is 8.78 Å². The van der Waals surface area contributed by atoms with Gasteiger partial charge >= 0.3 is 0 Å². The number of nitrogens with one attached hydrogen (secondary N) is 1. The number of halogens is 3. The highest BCUT2D eigenvalue weighted by atomic mass is 35.5. The fourth-order valence-electron chi connectivity index (χ4n) is 2.93. The highest BCUT2D eigenvalue weighted by Crippen LogP contribution is 2.32. The maximum Gasteiger partial charge on any atom is 0.131 e. The van der Waals surface area contributed by atoms with Crippen molar-refractivity contribution in [2.24, 2.45) is 0 Å². The molecule has 116 valence electrons. The van der Waals surface area contributed by atoms with Gasteiger partial charge in [-0.25, -0.2) is 8.78 Å². The number of nitrogens with zero attached hydrogens (tertiary/aromatic N) is 1. The average Bonchev–Trinajstić information content (AvgIpc) is 2.51. The van der Waals surface area contributed by atoms with Gasteiger partial charge in [-0.2, -0.15) is 0 Å². The predicted molar refractivity (Wildman–Crippen MR) is 84.1 cm³/mol. The quantitative estimate of drug-likeness (QED) is 0.928. The second-order valence-corrected chi connectivity index (χ2v) is 5.85. The topological polar surface area (TPSA) is 15.3 Å². The van der Waals surface area contributed by atoms with Crippen molar-refractivity contribution in [2.75, 3.05) is 26.2 Å². The van der Waals surface area contributed by atoms with Crippen molar-refractivity contribution in [3.63, 3.8) is 0 Å². The van der Waals surface area contributed by atoms with E-state index in [-0.39, 0.29) is 6.04 Å². The fraction of sp³-hybridized carbons (Fsp3) is 0.294. The lowest BCUT2D eigenvalue weighted by Crippen LogP contribution is -2.45. The van der Waals surface area contributed by atoms with E-state index >= 15 is 0 Å². The third-order valence-corrected chi connectivity index (χ3v) is 4.17. The summed E-state index contributed by atoms with van der Waals surface area (Å²) >= 11 is 6.10. The van der Waals surface area contributed by atoms with Gasteiger partial charge in [-0.05, 0) is 23.8 Å². The van der Waals surface area contributed by atoms with E-state index < -0.39 is 11.6 Å². The van der Waals surface area contributed by atoms with Crippen molar-refractivity contribution < 1.29 is 8.78 Å². The van der Waals surface area contributed by atoms with Gasteiger partial charge in [0.15, 0.2) is 0 Å². The summed E-state index contributed by atoms with van der Waals surface area (Å²) in [5.41, 5.74) is 1.39. The molecule has 1 atom stereocenters. The molecule has 2 aromatic carbocycles. The first-order chi connectivity index (χ1) is 10.6. The van der Waals surface area contributed by atoms with E-state index in [2.05, 4.69) is 10.2 Å². The van der Waals surface area contributed by atoms with Crippen molar-refractivity contribution >= 4 is 11.6 Å². The largest absolute Gasteiger partial charge is 0.314 e. The predicted octanol–water partition coefficient (Wildman–Crippen LogP) is 3.61. The van der Waals surface area contributed by atoms with E-state index in [1.165, 1.54) is 12.1 Å². The number of hydrogen-bond donors (Lipinski definition) is 1. The van der Waals surface area contributed by atoms with Crippen molar-refractivity contribution in [3.05, 3.63) is 70.2 Å². The number of benzene rings is 2. The van der Waals surface area contributed by atoms with E-state index in [4.69, 9.17) is 11.6 Å². The first-order valence-corrected chi connectivity index (χ1v) is 7.68. The molecule has 3 rings (SSSR count). The van der Waals surface area contributed by atoms with E-state index in [1.807, 2.05) is 18.2 Å². The molecule has 0 aliphatic carbocycles. The molecule has 1 saturated heterocycles. The molecule has 0 spiro atoms. The third-order valence-electron chi connectivity index (χ3n) is 3.94. The molecule has 0 amide bonds. The standard InChI is InChI=1S/C17H17ClF2N2/c18-13-3-1-2-12(10-13)17(22-8-6-21-7-9-22)15-5-4-14(19)11-16(15)20/h1-5,10-11,17,21H,6-9H2. The Hall–Kier alpha value is -1.49. The molecule has 1 aliphatic heterocycles. The number of piperazine rings is 1. The van der Waals surface area contributed by atoms with Crippen LogP contribution in [0, 0.1) is 11.6 Å². The third kappa shape index (κ3) is 3.29. The molecule has 0 bridgehead atoms. The molecule has 1 unspecified atom stereocenters. The van der Waals surface area contributed by atoms with Crippen molar-refractivity contribution in [3.8, 4) is 0 Å². The van der Waals surface area contributed by atoms with Gasteiger partial charge in [0, 0.05) is 42.8 Å². The summed E-state index contributed by atoms with van der Waals surface area (Å²) in [5.74, 6) is -1.09. The minimum atomic E-state index is -0.564. The van der Waals surface area contributed by atoms with Crippen molar-refractivity contribution in [1.29, 1.82) is 0 Å². The van der Waals surface area contributed by atoms with E-state index in [0.717, 1.165) is 37.8 Å². The zero-order valence-electron chi connectivity index (χ0n) is 12.0. The minimum Gasteiger partial charge on any atom is -0.314 e. The Morgan fingerprint density at radius 2 is 1.82 bits per heavy atom. The maximum atomic E-state index is 14.3. The van der Waals surface area contributed by atoms with Gasteiger partial charge < -0.3 is 5.32 Å². The molecule has 1 heterocycles. The Morgan fingerprint density at radius 1 is 1.05 bits per heavy atom. The summed E-state index contributed by atoms with van der Waals surface area (Å²) < 4.78 is 27.6. The molecule has 1 fully saturated rings. The lowest BCUT2D eigenvalue weighted by atomic mass is 9.96. The summed E-state index contributed by atoms with van der Waals surface area (Å²) in [6.07, 6.45) is 0. The van der Waals surface area contributed by atoms with Gasteiger partial charge in [-0.1, -0.05) is 29.8 Å². The first-order valence-electron chi connectivity index (χ1n) is 7.30. The van der Waals surface area contributed by atoms with Crippen molar-refractivity contribution in [1.82, 2.24) is 10.2 Å². The molecular formula is C17H17ClF2N2. The van der Waals surface area contributed by atoms with Gasteiger partial charge in [0.25, 0.3) is 0 Å². The van der Waals surface area contributed by atoms with Gasteiger partial charge in [0.05, 0.1) is 6.04 Å². The Bertz CT molecular complexity index is 657. The van der Waals surface area contributed by atoms with E-state index in [9.17, 15) is 8.78 Å². The average molecular weight is 323 g/mol.